The Morgan fingerprint density at radius 1 is 1.45 bits per heavy atom. The molecule has 1 aromatic carbocycles. The quantitative estimate of drug-likeness (QED) is 0.901. The monoisotopic (exact) mass is 276 g/mol. The van der Waals surface area contributed by atoms with Gasteiger partial charge in [0.25, 0.3) is 5.91 Å². The molecule has 1 aliphatic heterocycles. The van der Waals surface area contributed by atoms with Crippen LogP contribution in [0.15, 0.2) is 18.2 Å². The number of rotatable bonds is 2. The van der Waals surface area contributed by atoms with Crippen LogP contribution >= 0.6 is 0 Å². The summed E-state index contributed by atoms with van der Waals surface area (Å²) in [5, 5.41) is 0. The third-order valence-corrected chi connectivity index (χ3v) is 4.26. The normalized spacial score (nSPS) is 21.6. The van der Waals surface area contributed by atoms with E-state index in [9.17, 15) is 4.79 Å². The second kappa shape index (κ2) is 5.44. The standard InChI is InChI=1S/C16H24N2O2/c1-11-9-12(20-4)5-6-13(11)15(19)18-8-7-14(17)16(2,3)10-18/h5-6,9,14H,7-8,10,17H2,1-4H3. The Morgan fingerprint density at radius 2 is 2.15 bits per heavy atom. The first-order valence-corrected chi connectivity index (χ1v) is 7.04. The van der Waals surface area contributed by atoms with Gasteiger partial charge in [-0.25, -0.2) is 0 Å². The zero-order chi connectivity index (χ0) is 14.9. The largest absolute Gasteiger partial charge is 0.497 e. The molecule has 0 spiro atoms. The van der Waals surface area contributed by atoms with Gasteiger partial charge in [0.1, 0.15) is 5.75 Å². The molecule has 20 heavy (non-hydrogen) atoms. The van der Waals surface area contributed by atoms with Gasteiger partial charge in [0.2, 0.25) is 0 Å². The Kier molecular flexibility index (Phi) is 4.04. The molecule has 1 heterocycles. The molecule has 4 heteroatoms. The molecule has 2 rings (SSSR count). The van der Waals surface area contributed by atoms with Gasteiger partial charge in [0, 0.05) is 24.7 Å². The van der Waals surface area contributed by atoms with E-state index < -0.39 is 0 Å². The van der Waals surface area contributed by atoms with Crippen molar-refractivity contribution in [2.45, 2.75) is 33.2 Å². The van der Waals surface area contributed by atoms with Crippen LogP contribution in [-0.4, -0.2) is 37.0 Å². The summed E-state index contributed by atoms with van der Waals surface area (Å²) in [4.78, 5) is 14.6. The molecule has 1 aromatic rings. The van der Waals surface area contributed by atoms with Gasteiger partial charge in [-0.3, -0.25) is 4.79 Å². The molecule has 2 N–H and O–H groups in total. The maximum Gasteiger partial charge on any atom is 0.254 e. The number of piperidine rings is 1. The number of likely N-dealkylation sites (tertiary alicyclic amines) is 1. The molecule has 0 saturated carbocycles. The first-order valence-electron chi connectivity index (χ1n) is 7.04. The van der Waals surface area contributed by atoms with Crippen molar-refractivity contribution in [2.75, 3.05) is 20.2 Å². The fourth-order valence-corrected chi connectivity index (χ4v) is 2.72. The van der Waals surface area contributed by atoms with E-state index in [1.165, 1.54) is 0 Å². The van der Waals surface area contributed by atoms with E-state index in [0.29, 0.717) is 6.54 Å². The molecule has 1 aliphatic rings. The van der Waals surface area contributed by atoms with Crippen molar-refractivity contribution >= 4 is 5.91 Å². The smallest absolute Gasteiger partial charge is 0.254 e. The Bertz CT molecular complexity index is 511. The highest BCUT2D eigenvalue weighted by molar-refractivity contribution is 5.96. The molecule has 0 bridgehead atoms. The summed E-state index contributed by atoms with van der Waals surface area (Å²) < 4.78 is 5.18. The fourth-order valence-electron chi connectivity index (χ4n) is 2.72. The van der Waals surface area contributed by atoms with Gasteiger partial charge < -0.3 is 15.4 Å². The maximum absolute atomic E-state index is 12.7. The predicted octanol–water partition coefficient (Wildman–Crippen LogP) is 2.20. The lowest BCUT2D eigenvalue weighted by Crippen LogP contribution is -2.54. The number of benzene rings is 1. The van der Waals surface area contributed by atoms with Gasteiger partial charge in [-0.2, -0.15) is 0 Å². The summed E-state index contributed by atoms with van der Waals surface area (Å²) in [7, 11) is 1.63. The number of ether oxygens (including phenoxy) is 1. The fraction of sp³-hybridized carbons (Fsp3) is 0.562. The van der Waals surface area contributed by atoms with E-state index >= 15 is 0 Å². The second-order valence-corrected chi connectivity index (χ2v) is 6.29. The number of amides is 1. The third kappa shape index (κ3) is 2.80. The molecule has 1 amide bonds. The van der Waals surface area contributed by atoms with Crippen molar-refractivity contribution in [1.29, 1.82) is 0 Å². The highest BCUT2D eigenvalue weighted by atomic mass is 16.5. The number of carbonyl (C=O) groups is 1. The van der Waals surface area contributed by atoms with Crippen LogP contribution in [0.1, 0.15) is 36.2 Å². The Labute approximate surface area is 120 Å². The molecule has 1 fully saturated rings. The van der Waals surface area contributed by atoms with Crippen LogP contribution in [0.25, 0.3) is 0 Å². The Balaban J connectivity index is 2.20. The van der Waals surface area contributed by atoms with E-state index in [-0.39, 0.29) is 17.4 Å². The summed E-state index contributed by atoms with van der Waals surface area (Å²) in [5.41, 5.74) is 7.79. The van der Waals surface area contributed by atoms with Gasteiger partial charge in [-0.1, -0.05) is 13.8 Å². The zero-order valence-electron chi connectivity index (χ0n) is 12.8. The van der Waals surface area contributed by atoms with Crippen molar-refractivity contribution in [3.05, 3.63) is 29.3 Å². The Morgan fingerprint density at radius 3 is 2.70 bits per heavy atom. The molecule has 4 nitrogen and oxygen atoms in total. The van der Waals surface area contributed by atoms with Gasteiger partial charge in [-0.05, 0) is 42.5 Å². The number of hydrogen-bond donors (Lipinski definition) is 1. The Hall–Kier alpha value is -1.55. The van der Waals surface area contributed by atoms with Crippen LogP contribution in [0.5, 0.6) is 5.75 Å². The molecule has 1 unspecified atom stereocenters. The van der Waals surface area contributed by atoms with Crippen LogP contribution in [0.4, 0.5) is 0 Å². The summed E-state index contributed by atoms with van der Waals surface area (Å²) in [5.74, 6) is 0.866. The van der Waals surface area contributed by atoms with Gasteiger partial charge in [0.15, 0.2) is 0 Å². The highest BCUT2D eigenvalue weighted by Crippen LogP contribution is 2.29. The average Bonchev–Trinajstić information content (AvgIpc) is 2.41. The minimum Gasteiger partial charge on any atom is -0.497 e. The molecule has 0 radical (unpaired) electrons. The van der Waals surface area contributed by atoms with E-state index in [4.69, 9.17) is 10.5 Å². The van der Waals surface area contributed by atoms with Crippen LogP contribution in [0.2, 0.25) is 0 Å². The van der Waals surface area contributed by atoms with Crippen LogP contribution < -0.4 is 10.5 Å². The van der Waals surface area contributed by atoms with Crippen molar-refractivity contribution in [2.24, 2.45) is 11.1 Å². The number of hydrogen-bond acceptors (Lipinski definition) is 3. The van der Waals surface area contributed by atoms with Crippen molar-refractivity contribution in [3.8, 4) is 5.75 Å². The van der Waals surface area contributed by atoms with Gasteiger partial charge in [-0.15, -0.1) is 0 Å². The van der Waals surface area contributed by atoms with E-state index in [0.717, 1.165) is 29.8 Å². The van der Waals surface area contributed by atoms with Gasteiger partial charge >= 0.3 is 0 Å². The number of nitrogens with two attached hydrogens (primary N) is 1. The number of nitrogens with zero attached hydrogens (tertiary/aromatic N) is 1. The molecular weight excluding hydrogens is 252 g/mol. The SMILES string of the molecule is COc1ccc(C(=O)N2CCC(N)C(C)(C)C2)c(C)c1. The number of methoxy groups -OCH3 is 1. The van der Waals surface area contributed by atoms with Crippen molar-refractivity contribution < 1.29 is 9.53 Å². The van der Waals surface area contributed by atoms with Crippen molar-refractivity contribution in [1.82, 2.24) is 4.90 Å². The van der Waals surface area contributed by atoms with Gasteiger partial charge in [0.05, 0.1) is 7.11 Å². The third-order valence-electron chi connectivity index (χ3n) is 4.26. The van der Waals surface area contributed by atoms with E-state index in [1.54, 1.807) is 7.11 Å². The average molecular weight is 276 g/mol. The lowest BCUT2D eigenvalue weighted by atomic mass is 9.79. The van der Waals surface area contributed by atoms with E-state index in [1.807, 2.05) is 30.0 Å². The first-order chi connectivity index (χ1) is 9.35. The number of carbonyl (C=O) groups excluding carboxylic acids is 1. The molecule has 0 aromatic heterocycles. The van der Waals surface area contributed by atoms with Crippen LogP contribution in [-0.2, 0) is 0 Å². The molecule has 1 saturated heterocycles. The summed E-state index contributed by atoms with van der Waals surface area (Å²) in [6.45, 7) is 7.62. The summed E-state index contributed by atoms with van der Waals surface area (Å²) in [6.07, 6.45) is 0.855. The molecule has 110 valence electrons. The minimum absolute atomic E-state index is 0.0334. The zero-order valence-corrected chi connectivity index (χ0v) is 12.8. The molecular formula is C16H24N2O2. The number of aryl methyl sites for hydroxylation is 1. The predicted molar refractivity (Wildman–Crippen MR) is 80.0 cm³/mol. The lowest BCUT2D eigenvalue weighted by Gasteiger charge is -2.42. The summed E-state index contributed by atoms with van der Waals surface area (Å²) in [6, 6.07) is 5.73. The second-order valence-electron chi connectivity index (χ2n) is 6.29. The van der Waals surface area contributed by atoms with E-state index in [2.05, 4.69) is 13.8 Å². The first kappa shape index (κ1) is 14.9. The maximum atomic E-state index is 12.7. The van der Waals surface area contributed by atoms with Crippen molar-refractivity contribution in [3.63, 3.8) is 0 Å². The molecule has 0 aliphatic carbocycles. The minimum atomic E-state index is -0.0334. The van der Waals surface area contributed by atoms with Crippen LogP contribution in [0.3, 0.4) is 0 Å². The lowest BCUT2D eigenvalue weighted by molar-refractivity contribution is 0.0532. The van der Waals surface area contributed by atoms with Crippen LogP contribution in [0, 0.1) is 12.3 Å². The highest BCUT2D eigenvalue weighted by Gasteiger charge is 2.35. The molecule has 1 atom stereocenters. The summed E-state index contributed by atoms with van der Waals surface area (Å²) >= 11 is 0. The topological polar surface area (TPSA) is 55.6 Å².